The van der Waals surface area contributed by atoms with Crippen molar-refractivity contribution in [1.29, 1.82) is 0 Å². The van der Waals surface area contributed by atoms with E-state index in [1.165, 1.54) is 99.7 Å². The zero-order valence-electron chi connectivity index (χ0n) is 38.3. The van der Waals surface area contributed by atoms with Crippen molar-refractivity contribution in [3.63, 3.8) is 0 Å². The highest BCUT2D eigenvalue weighted by molar-refractivity contribution is 6.16. The van der Waals surface area contributed by atoms with Gasteiger partial charge < -0.3 is 9.47 Å². The van der Waals surface area contributed by atoms with Crippen molar-refractivity contribution in [3.8, 4) is 61.3 Å². The molecule has 0 N–H and O–H groups in total. The Bertz CT molecular complexity index is 3630. The molecule has 1 aliphatic rings. The molecule has 1 aromatic heterocycles. The van der Waals surface area contributed by atoms with Crippen molar-refractivity contribution in [2.24, 2.45) is 0 Å². The topological polar surface area (TPSA) is 8.17 Å². The average molecular weight is 859 g/mol. The Hall–Kier alpha value is -8.20. The van der Waals surface area contributed by atoms with Gasteiger partial charge in [0.25, 0.3) is 0 Å². The number of hydrogen-bond acceptors (Lipinski definition) is 1. The van der Waals surface area contributed by atoms with Crippen LogP contribution in [0.2, 0.25) is 0 Å². The summed E-state index contributed by atoms with van der Waals surface area (Å²) in [5.41, 5.74) is 24.6. The maximum Gasteiger partial charge on any atom is 0.0547 e. The Morgan fingerprint density at radius 1 is 0.343 bits per heavy atom. The molecular weight excluding hydrogens is 809 g/mol. The minimum Gasteiger partial charge on any atom is -0.311 e. The first-order valence-corrected chi connectivity index (χ1v) is 23.4. The molecule has 67 heavy (non-hydrogen) atoms. The molecule has 0 unspecified atom stereocenters. The zero-order valence-corrected chi connectivity index (χ0v) is 38.3. The summed E-state index contributed by atoms with van der Waals surface area (Å²) in [5.74, 6) is 0. The van der Waals surface area contributed by atoms with E-state index in [0.29, 0.717) is 0 Å². The zero-order chi connectivity index (χ0) is 45.2. The summed E-state index contributed by atoms with van der Waals surface area (Å²) >= 11 is 0. The highest BCUT2D eigenvalue weighted by atomic mass is 15.1. The molecule has 0 fully saturated rings. The predicted octanol–water partition coefficient (Wildman–Crippen LogP) is 17.8. The molecule has 0 spiro atoms. The molecule has 0 aliphatic heterocycles. The first kappa shape index (κ1) is 40.3. The first-order chi connectivity index (χ1) is 32.8. The molecule has 0 bridgehead atoms. The van der Waals surface area contributed by atoms with Gasteiger partial charge >= 0.3 is 0 Å². The Morgan fingerprint density at radius 3 is 1.52 bits per heavy atom. The van der Waals surface area contributed by atoms with Gasteiger partial charge in [-0.2, -0.15) is 0 Å². The Balaban J connectivity index is 0.888. The predicted molar refractivity (Wildman–Crippen MR) is 284 cm³/mol. The van der Waals surface area contributed by atoms with Gasteiger partial charge in [-0.15, -0.1) is 0 Å². The average Bonchev–Trinajstić information content (AvgIpc) is 3.83. The normalized spacial score (nSPS) is 12.6. The van der Waals surface area contributed by atoms with Crippen LogP contribution in [0.25, 0.3) is 83.1 Å². The Kier molecular flexibility index (Phi) is 9.66. The van der Waals surface area contributed by atoms with Crippen LogP contribution in [0.15, 0.2) is 231 Å². The SMILES string of the molecule is Cc1ccc(N(c2ccc(-c3ccc4c(c3)C(C)(C)c3cc(C)ccc3-4)cc2)c2ccc(-c3cccc4c3c3ccccc3n4-c3cccc(-c4ccc(-c5ccccc5)cc4)c3)cc2)cc1. The fourth-order valence-corrected chi connectivity index (χ4v) is 10.6. The van der Waals surface area contributed by atoms with Crippen molar-refractivity contribution >= 4 is 38.9 Å². The third kappa shape index (κ3) is 6.96. The second-order valence-corrected chi connectivity index (χ2v) is 18.7. The number of benzene rings is 10. The number of fused-ring (bicyclic) bond motifs is 6. The van der Waals surface area contributed by atoms with Crippen LogP contribution in [-0.2, 0) is 5.41 Å². The summed E-state index contributed by atoms with van der Waals surface area (Å²) in [7, 11) is 0. The summed E-state index contributed by atoms with van der Waals surface area (Å²) in [6, 6.07) is 85.0. The third-order valence-electron chi connectivity index (χ3n) is 14.1. The largest absolute Gasteiger partial charge is 0.311 e. The minimum absolute atomic E-state index is 0.0489. The van der Waals surface area contributed by atoms with Gasteiger partial charge in [-0.25, -0.2) is 0 Å². The van der Waals surface area contributed by atoms with Gasteiger partial charge in [0.1, 0.15) is 0 Å². The third-order valence-corrected chi connectivity index (χ3v) is 14.1. The van der Waals surface area contributed by atoms with Crippen LogP contribution in [0.1, 0.15) is 36.1 Å². The van der Waals surface area contributed by atoms with Crippen LogP contribution in [0, 0.1) is 13.8 Å². The van der Waals surface area contributed by atoms with E-state index in [2.05, 4.69) is 268 Å². The quantitative estimate of drug-likeness (QED) is 0.148. The molecule has 0 radical (unpaired) electrons. The summed E-state index contributed by atoms with van der Waals surface area (Å²) in [6.45, 7) is 9.06. The summed E-state index contributed by atoms with van der Waals surface area (Å²) < 4.78 is 2.43. The molecule has 1 aliphatic carbocycles. The summed E-state index contributed by atoms with van der Waals surface area (Å²) in [6.07, 6.45) is 0. The standard InChI is InChI=1S/C65H50N2/c1-43-20-32-52(33-21-43)66(53-34-27-48(28-35-53)51-31-39-58-57-38-22-44(2)40-60(57)65(3,4)61(58)42-51)54-36-29-49(30-37-54)56-17-11-19-63-64(56)59-16-8-9-18-62(59)67(63)55-15-10-14-50(41-55)47-25-23-46(24-26-47)45-12-6-5-7-13-45/h5-42H,1-4H3. The van der Waals surface area contributed by atoms with Crippen LogP contribution in [-0.4, -0.2) is 4.57 Å². The molecule has 1 heterocycles. The number of rotatable bonds is 8. The molecule has 0 saturated carbocycles. The van der Waals surface area contributed by atoms with Crippen molar-refractivity contribution in [1.82, 2.24) is 4.57 Å². The lowest BCUT2D eigenvalue weighted by atomic mass is 9.81. The molecule has 2 heteroatoms. The van der Waals surface area contributed by atoms with E-state index < -0.39 is 0 Å². The van der Waals surface area contributed by atoms with Crippen LogP contribution >= 0.6 is 0 Å². The van der Waals surface area contributed by atoms with E-state index in [0.717, 1.165) is 22.7 Å². The van der Waals surface area contributed by atoms with Crippen molar-refractivity contribution in [3.05, 3.63) is 253 Å². The van der Waals surface area contributed by atoms with E-state index in [1.54, 1.807) is 0 Å². The van der Waals surface area contributed by atoms with Crippen molar-refractivity contribution in [2.45, 2.75) is 33.1 Å². The highest BCUT2D eigenvalue weighted by Crippen LogP contribution is 2.50. The summed E-state index contributed by atoms with van der Waals surface area (Å²) in [5, 5.41) is 2.49. The number of nitrogens with zero attached hydrogens (tertiary/aromatic N) is 2. The molecule has 0 saturated heterocycles. The highest BCUT2D eigenvalue weighted by Gasteiger charge is 2.35. The number of para-hydroxylation sites is 1. The van der Waals surface area contributed by atoms with Gasteiger partial charge in [-0.3, -0.25) is 0 Å². The number of aromatic nitrogens is 1. The number of aryl methyl sites for hydroxylation is 2. The van der Waals surface area contributed by atoms with E-state index in [4.69, 9.17) is 0 Å². The molecule has 2 nitrogen and oxygen atoms in total. The molecule has 0 amide bonds. The molecule has 0 atom stereocenters. The number of anilines is 3. The van der Waals surface area contributed by atoms with Crippen LogP contribution in [0.3, 0.4) is 0 Å². The van der Waals surface area contributed by atoms with Crippen molar-refractivity contribution < 1.29 is 0 Å². The summed E-state index contributed by atoms with van der Waals surface area (Å²) in [4.78, 5) is 2.37. The lowest BCUT2D eigenvalue weighted by Gasteiger charge is -2.26. The monoisotopic (exact) mass is 858 g/mol. The van der Waals surface area contributed by atoms with Gasteiger partial charge in [0.05, 0.1) is 11.0 Å². The second-order valence-electron chi connectivity index (χ2n) is 18.7. The fraction of sp³-hybridized carbons (Fsp3) is 0.0769. The van der Waals surface area contributed by atoms with Crippen LogP contribution < -0.4 is 4.90 Å². The minimum atomic E-state index is -0.0489. The van der Waals surface area contributed by atoms with E-state index >= 15 is 0 Å². The molecule has 320 valence electrons. The number of hydrogen-bond donors (Lipinski definition) is 0. The maximum absolute atomic E-state index is 2.43. The van der Waals surface area contributed by atoms with E-state index in [9.17, 15) is 0 Å². The fourth-order valence-electron chi connectivity index (χ4n) is 10.6. The van der Waals surface area contributed by atoms with Gasteiger partial charge in [0.15, 0.2) is 0 Å². The van der Waals surface area contributed by atoms with Gasteiger partial charge in [0.2, 0.25) is 0 Å². The molecule has 12 rings (SSSR count). The first-order valence-electron chi connectivity index (χ1n) is 23.4. The van der Waals surface area contributed by atoms with E-state index in [-0.39, 0.29) is 5.41 Å². The van der Waals surface area contributed by atoms with Crippen molar-refractivity contribution in [2.75, 3.05) is 4.90 Å². The van der Waals surface area contributed by atoms with Gasteiger partial charge in [0, 0.05) is 38.9 Å². The van der Waals surface area contributed by atoms with Gasteiger partial charge in [-0.1, -0.05) is 189 Å². The molecular formula is C65H50N2. The maximum atomic E-state index is 2.43. The lowest BCUT2D eigenvalue weighted by molar-refractivity contribution is 0.660. The van der Waals surface area contributed by atoms with Crippen LogP contribution in [0.5, 0.6) is 0 Å². The molecule has 10 aromatic carbocycles. The van der Waals surface area contributed by atoms with Crippen LogP contribution in [0.4, 0.5) is 17.1 Å². The van der Waals surface area contributed by atoms with Gasteiger partial charge in [-0.05, 0) is 147 Å². The van der Waals surface area contributed by atoms with E-state index in [1.807, 2.05) is 0 Å². The Labute approximate surface area is 393 Å². The Morgan fingerprint density at radius 2 is 0.821 bits per heavy atom. The molecule has 11 aromatic rings. The lowest BCUT2D eigenvalue weighted by Crippen LogP contribution is -2.15. The second kappa shape index (κ2) is 16.0. The smallest absolute Gasteiger partial charge is 0.0547 e.